The number of aliphatic hydroxyl groups is 1. The molecule has 0 saturated carbocycles. The van der Waals surface area contributed by atoms with Gasteiger partial charge < -0.3 is 14.6 Å². The predicted molar refractivity (Wildman–Crippen MR) is 136 cm³/mol. The Labute approximate surface area is 209 Å². The first-order valence-electron chi connectivity index (χ1n) is 11.5. The predicted octanol–water partition coefficient (Wildman–Crippen LogP) is 5.77. The molecule has 1 aliphatic rings. The molecule has 1 heterocycles. The van der Waals surface area contributed by atoms with Crippen molar-refractivity contribution in [3.05, 3.63) is 94.8 Å². The molecule has 7 heteroatoms. The minimum Gasteiger partial charge on any atom is -0.507 e. The van der Waals surface area contributed by atoms with Crippen molar-refractivity contribution in [1.82, 2.24) is 0 Å². The van der Waals surface area contributed by atoms with Crippen molar-refractivity contribution in [3.63, 3.8) is 0 Å². The van der Waals surface area contributed by atoms with Crippen LogP contribution < -0.4 is 14.4 Å². The monoisotopic (exact) mass is 489 g/mol. The molecule has 1 N–H and O–H groups in total. The lowest BCUT2D eigenvalue weighted by molar-refractivity contribution is -0.132. The molecule has 0 radical (unpaired) electrons. The summed E-state index contributed by atoms with van der Waals surface area (Å²) in [5.74, 6) is -1.15. The summed E-state index contributed by atoms with van der Waals surface area (Å²) in [4.78, 5) is 28.0. The summed E-state index contributed by atoms with van der Waals surface area (Å²) in [6, 6.07) is 16.4. The highest BCUT2D eigenvalue weighted by molar-refractivity contribution is 6.51. The summed E-state index contributed by atoms with van der Waals surface area (Å²) >= 11 is 0. The number of aliphatic hydroxyl groups excluding tert-OH is 1. The molecule has 1 saturated heterocycles. The van der Waals surface area contributed by atoms with Crippen LogP contribution in [0.2, 0.25) is 0 Å². The smallest absolute Gasteiger partial charge is 0.300 e. The zero-order valence-electron chi connectivity index (χ0n) is 20.8. The second kappa shape index (κ2) is 9.49. The van der Waals surface area contributed by atoms with E-state index in [9.17, 15) is 19.1 Å². The van der Waals surface area contributed by atoms with Crippen LogP contribution in [0.3, 0.4) is 0 Å². The lowest BCUT2D eigenvalue weighted by Gasteiger charge is -2.26. The number of rotatable bonds is 5. The van der Waals surface area contributed by atoms with Gasteiger partial charge in [0.05, 0.1) is 25.8 Å². The van der Waals surface area contributed by atoms with Gasteiger partial charge in [-0.1, -0.05) is 32.9 Å². The average molecular weight is 490 g/mol. The Kier molecular flexibility index (Phi) is 6.59. The molecular formula is C29H28FNO5. The maximum Gasteiger partial charge on any atom is 0.300 e. The third-order valence-corrected chi connectivity index (χ3v) is 6.26. The fourth-order valence-corrected chi connectivity index (χ4v) is 4.40. The molecule has 1 unspecified atom stereocenters. The van der Waals surface area contributed by atoms with E-state index in [0.717, 1.165) is 5.56 Å². The number of nitrogens with zero attached hydrogens (tertiary/aromatic N) is 1. The van der Waals surface area contributed by atoms with Crippen LogP contribution in [-0.4, -0.2) is 31.0 Å². The third-order valence-electron chi connectivity index (χ3n) is 6.26. The summed E-state index contributed by atoms with van der Waals surface area (Å²) in [6.07, 6.45) is 0. The van der Waals surface area contributed by atoms with Crippen LogP contribution in [-0.2, 0) is 15.0 Å². The molecule has 1 atom stereocenters. The Morgan fingerprint density at radius 3 is 2.11 bits per heavy atom. The SMILES string of the molecule is COc1ccc(N2C(=O)C(=O)/C(=C(\O)c3ccc(OC)c(C(C)(C)C)c3)C2c2ccc(F)cc2)cc1. The summed E-state index contributed by atoms with van der Waals surface area (Å²) in [5.41, 5.74) is 1.74. The molecule has 0 bridgehead atoms. The highest BCUT2D eigenvalue weighted by Crippen LogP contribution is 2.43. The quantitative estimate of drug-likeness (QED) is 0.280. The fourth-order valence-electron chi connectivity index (χ4n) is 4.40. The first kappa shape index (κ1) is 25.0. The lowest BCUT2D eigenvalue weighted by Crippen LogP contribution is -2.29. The fraction of sp³-hybridized carbons (Fsp3) is 0.241. The minimum absolute atomic E-state index is 0.0764. The van der Waals surface area contributed by atoms with Crippen LogP contribution in [0.4, 0.5) is 10.1 Å². The largest absolute Gasteiger partial charge is 0.507 e. The maximum absolute atomic E-state index is 13.7. The Bertz CT molecular complexity index is 1340. The maximum atomic E-state index is 13.7. The summed E-state index contributed by atoms with van der Waals surface area (Å²) in [5, 5.41) is 11.4. The molecule has 3 aromatic carbocycles. The molecule has 0 aliphatic carbocycles. The van der Waals surface area contributed by atoms with E-state index >= 15 is 0 Å². The molecule has 0 spiro atoms. The Balaban J connectivity index is 1.94. The zero-order chi connectivity index (χ0) is 26.2. The molecule has 186 valence electrons. The van der Waals surface area contributed by atoms with Crippen molar-refractivity contribution < 1.29 is 28.6 Å². The van der Waals surface area contributed by atoms with Crippen molar-refractivity contribution in [2.45, 2.75) is 32.2 Å². The number of ether oxygens (including phenoxy) is 2. The van der Waals surface area contributed by atoms with Crippen LogP contribution in [0.5, 0.6) is 11.5 Å². The molecule has 1 fully saturated rings. The highest BCUT2D eigenvalue weighted by Gasteiger charge is 2.47. The zero-order valence-corrected chi connectivity index (χ0v) is 20.8. The molecule has 36 heavy (non-hydrogen) atoms. The summed E-state index contributed by atoms with van der Waals surface area (Å²) in [6.45, 7) is 6.03. The van der Waals surface area contributed by atoms with E-state index in [1.165, 1.54) is 36.3 Å². The van der Waals surface area contributed by atoms with Gasteiger partial charge in [-0.3, -0.25) is 14.5 Å². The number of carbonyl (C=O) groups excluding carboxylic acids is 2. The van der Waals surface area contributed by atoms with Gasteiger partial charge in [0.15, 0.2) is 0 Å². The van der Waals surface area contributed by atoms with Crippen LogP contribution in [0.15, 0.2) is 72.3 Å². The molecule has 1 aliphatic heterocycles. The number of hydrogen-bond donors (Lipinski definition) is 1. The molecule has 0 aromatic heterocycles. The molecule has 3 aromatic rings. The van der Waals surface area contributed by atoms with E-state index in [1.807, 2.05) is 20.8 Å². The van der Waals surface area contributed by atoms with Gasteiger partial charge in [-0.2, -0.15) is 0 Å². The van der Waals surface area contributed by atoms with Crippen LogP contribution >= 0.6 is 0 Å². The summed E-state index contributed by atoms with van der Waals surface area (Å²) in [7, 11) is 3.10. The van der Waals surface area contributed by atoms with E-state index in [1.54, 1.807) is 49.6 Å². The van der Waals surface area contributed by atoms with Gasteiger partial charge in [0.25, 0.3) is 11.7 Å². The number of hydrogen-bond acceptors (Lipinski definition) is 5. The first-order valence-corrected chi connectivity index (χ1v) is 11.5. The number of amides is 1. The number of carbonyl (C=O) groups is 2. The molecular weight excluding hydrogens is 461 g/mol. The number of anilines is 1. The normalized spacial score (nSPS) is 17.4. The highest BCUT2D eigenvalue weighted by atomic mass is 19.1. The van der Waals surface area contributed by atoms with Crippen LogP contribution in [0.25, 0.3) is 5.76 Å². The van der Waals surface area contributed by atoms with E-state index in [2.05, 4.69) is 0 Å². The van der Waals surface area contributed by atoms with Gasteiger partial charge in [-0.25, -0.2) is 4.39 Å². The first-order chi connectivity index (χ1) is 17.1. The van der Waals surface area contributed by atoms with Gasteiger partial charge >= 0.3 is 0 Å². The molecule has 6 nitrogen and oxygen atoms in total. The third kappa shape index (κ3) is 4.44. The minimum atomic E-state index is -0.959. The van der Waals surface area contributed by atoms with E-state index in [-0.39, 0.29) is 16.7 Å². The van der Waals surface area contributed by atoms with Crippen molar-refractivity contribution in [1.29, 1.82) is 0 Å². The number of benzene rings is 3. The van der Waals surface area contributed by atoms with Gasteiger partial charge in [-0.15, -0.1) is 0 Å². The number of methoxy groups -OCH3 is 2. The van der Waals surface area contributed by atoms with Crippen molar-refractivity contribution >= 4 is 23.1 Å². The number of halogens is 1. The van der Waals surface area contributed by atoms with E-state index in [0.29, 0.717) is 28.3 Å². The second-order valence-electron chi connectivity index (χ2n) is 9.58. The van der Waals surface area contributed by atoms with Gasteiger partial charge in [-0.05, 0) is 65.6 Å². The average Bonchev–Trinajstić information content (AvgIpc) is 3.13. The van der Waals surface area contributed by atoms with E-state index < -0.39 is 23.5 Å². The Morgan fingerprint density at radius 2 is 1.56 bits per heavy atom. The lowest BCUT2D eigenvalue weighted by atomic mass is 9.84. The van der Waals surface area contributed by atoms with Gasteiger partial charge in [0, 0.05) is 16.8 Å². The summed E-state index contributed by atoms with van der Waals surface area (Å²) < 4.78 is 24.4. The van der Waals surface area contributed by atoms with Crippen molar-refractivity contribution in [2.24, 2.45) is 0 Å². The van der Waals surface area contributed by atoms with Gasteiger partial charge in [0.2, 0.25) is 0 Å². The molecule has 1 amide bonds. The van der Waals surface area contributed by atoms with Gasteiger partial charge in [0.1, 0.15) is 23.1 Å². The Morgan fingerprint density at radius 1 is 0.917 bits per heavy atom. The van der Waals surface area contributed by atoms with Crippen molar-refractivity contribution in [3.8, 4) is 11.5 Å². The van der Waals surface area contributed by atoms with E-state index in [4.69, 9.17) is 9.47 Å². The Hall–Kier alpha value is -4.13. The van der Waals surface area contributed by atoms with Crippen molar-refractivity contribution in [2.75, 3.05) is 19.1 Å². The number of ketones is 1. The van der Waals surface area contributed by atoms with Crippen LogP contribution in [0, 0.1) is 5.82 Å². The second-order valence-corrected chi connectivity index (χ2v) is 9.58. The number of Topliss-reactive ketones (excluding diaryl/α,β-unsaturated/α-hetero) is 1. The standard InChI is InChI=1S/C29H28FNO5/c1-29(2,3)22-16-18(8-15-23(22)36-5)26(32)24-25(17-6-9-19(30)10-7-17)31(28(34)27(24)33)20-11-13-21(35-4)14-12-20/h6-16,25,32H,1-5H3/b26-24-. The molecule has 4 rings (SSSR count). The van der Waals surface area contributed by atoms with Crippen LogP contribution in [0.1, 0.15) is 43.5 Å². The topological polar surface area (TPSA) is 76.1 Å².